The highest BCUT2D eigenvalue weighted by Gasteiger charge is 2.31. The molecule has 0 amide bonds. The van der Waals surface area contributed by atoms with Crippen molar-refractivity contribution in [3.05, 3.63) is 0 Å². The van der Waals surface area contributed by atoms with Crippen LogP contribution in [0.15, 0.2) is 0 Å². The van der Waals surface area contributed by atoms with Crippen LogP contribution in [0.25, 0.3) is 0 Å². The molecule has 0 aromatic carbocycles. The van der Waals surface area contributed by atoms with Crippen LogP contribution in [0.1, 0.15) is 504 Å². The van der Waals surface area contributed by atoms with Crippen LogP contribution in [-0.4, -0.2) is 96.7 Å². The molecular formula is C93H182O17P2. The van der Waals surface area contributed by atoms with Crippen LogP contribution in [-0.2, 0) is 65.4 Å². The maximum atomic E-state index is 13.2. The Bertz CT molecular complexity index is 2140. The van der Waals surface area contributed by atoms with Gasteiger partial charge in [-0.05, 0) is 37.5 Å². The lowest BCUT2D eigenvalue weighted by molar-refractivity contribution is -0.161. The molecular weight excluding hydrogens is 1450 g/mol. The summed E-state index contributed by atoms with van der Waals surface area (Å²) in [6, 6.07) is 0. The van der Waals surface area contributed by atoms with E-state index in [4.69, 9.17) is 37.0 Å². The number of carbonyl (C=O) groups is 4. The average Bonchev–Trinajstić information content (AvgIpc) is 0.899. The van der Waals surface area contributed by atoms with Crippen molar-refractivity contribution >= 4 is 39.5 Å². The number of aliphatic hydroxyl groups excluding tert-OH is 1. The van der Waals surface area contributed by atoms with Gasteiger partial charge in [0, 0.05) is 25.7 Å². The van der Waals surface area contributed by atoms with Gasteiger partial charge in [0.05, 0.1) is 26.4 Å². The number of phosphoric acid groups is 2. The van der Waals surface area contributed by atoms with Crippen LogP contribution in [0, 0.1) is 11.8 Å². The molecule has 0 bridgehead atoms. The molecule has 0 aliphatic carbocycles. The molecule has 0 saturated heterocycles. The summed E-state index contributed by atoms with van der Waals surface area (Å²) in [4.78, 5) is 73.5. The van der Waals surface area contributed by atoms with E-state index in [0.29, 0.717) is 25.7 Å². The highest BCUT2D eigenvalue weighted by molar-refractivity contribution is 7.47. The number of rotatable bonds is 92. The van der Waals surface area contributed by atoms with E-state index in [1.165, 1.54) is 321 Å². The van der Waals surface area contributed by atoms with Gasteiger partial charge in [-0.3, -0.25) is 37.3 Å². The second-order valence-electron chi connectivity index (χ2n) is 33.9. The molecule has 666 valence electrons. The zero-order valence-electron chi connectivity index (χ0n) is 74.0. The molecule has 0 fully saturated rings. The molecule has 7 atom stereocenters. The van der Waals surface area contributed by atoms with Crippen molar-refractivity contribution in [3.8, 4) is 0 Å². The summed E-state index contributed by atoms with van der Waals surface area (Å²) in [5.41, 5.74) is 0. The molecule has 0 radical (unpaired) electrons. The van der Waals surface area contributed by atoms with E-state index in [9.17, 15) is 43.2 Å². The third kappa shape index (κ3) is 83.1. The number of unbranched alkanes of at least 4 members (excludes halogenated alkanes) is 60. The van der Waals surface area contributed by atoms with E-state index < -0.39 is 97.5 Å². The summed E-state index contributed by atoms with van der Waals surface area (Å²) in [5.74, 6) is -0.445. The predicted molar refractivity (Wildman–Crippen MR) is 465 cm³/mol. The van der Waals surface area contributed by atoms with Crippen LogP contribution >= 0.6 is 15.6 Å². The summed E-state index contributed by atoms with van der Waals surface area (Å²) in [5, 5.41) is 10.7. The minimum Gasteiger partial charge on any atom is -0.462 e. The van der Waals surface area contributed by atoms with Crippen LogP contribution in [0.2, 0.25) is 0 Å². The largest absolute Gasteiger partial charge is 0.472 e. The van der Waals surface area contributed by atoms with Crippen molar-refractivity contribution in [1.82, 2.24) is 0 Å². The first-order chi connectivity index (χ1) is 54.4. The number of carbonyl (C=O) groups excluding carboxylic acids is 4. The number of phosphoric ester groups is 2. The maximum absolute atomic E-state index is 13.2. The zero-order valence-corrected chi connectivity index (χ0v) is 75.8. The Kier molecular flexibility index (Phi) is 82.6. The lowest BCUT2D eigenvalue weighted by Gasteiger charge is -2.21. The van der Waals surface area contributed by atoms with Gasteiger partial charge in [-0.25, -0.2) is 9.13 Å². The molecule has 17 nitrogen and oxygen atoms in total. The Morgan fingerprint density at radius 1 is 0.250 bits per heavy atom. The number of ether oxygens (including phenoxy) is 4. The van der Waals surface area contributed by atoms with E-state index >= 15 is 0 Å². The Labute approximate surface area is 689 Å². The smallest absolute Gasteiger partial charge is 0.462 e. The molecule has 0 aliphatic heterocycles. The van der Waals surface area contributed by atoms with Crippen molar-refractivity contribution in [2.24, 2.45) is 11.8 Å². The first-order valence-corrected chi connectivity index (χ1v) is 51.1. The molecule has 0 aromatic rings. The summed E-state index contributed by atoms with van der Waals surface area (Å²) in [6.45, 7) is 9.79. The Morgan fingerprint density at radius 2 is 0.429 bits per heavy atom. The van der Waals surface area contributed by atoms with Gasteiger partial charge in [-0.1, -0.05) is 452 Å². The lowest BCUT2D eigenvalue weighted by atomic mass is 9.99. The maximum Gasteiger partial charge on any atom is 0.472 e. The Hall–Kier alpha value is -1.94. The second kappa shape index (κ2) is 84.1. The highest BCUT2D eigenvalue weighted by Crippen LogP contribution is 2.45. The summed E-state index contributed by atoms with van der Waals surface area (Å²) >= 11 is 0. The molecule has 0 rings (SSSR count). The summed E-state index contributed by atoms with van der Waals surface area (Å²) in [7, 11) is -9.94. The van der Waals surface area contributed by atoms with Gasteiger partial charge in [0.25, 0.3) is 0 Å². The summed E-state index contributed by atoms with van der Waals surface area (Å²) < 4.78 is 69.1. The topological polar surface area (TPSA) is 237 Å². The van der Waals surface area contributed by atoms with Crippen molar-refractivity contribution in [1.29, 1.82) is 0 Å². The van der Waals surface area contributed by atoms with E-state index in [2.05, 4.69) is 41.5 Å². The third-order valence-electron chi connectivity index (χ3n) is 22.7. The Morgan fingerprint density at radius 3 is 0.634 bits per heavy atom. The van der Waals surface area contributed by atoms with Gasteiger partial charge in [-0.2, -0.15) is 0 Å². The molecule has 0 spiro atoms. The number of hydrogen-bond donors (Lipinski definition) is 3. The SMILES string of the molecule is CCCCCCCCCCCCCCCCCCCCCCC(=O)OC[C@H](COP(=O)(O)OC[C@@H](O)COP(=O)(O)OC[C@@H](COC(=O)CCCCCCCCCCC(C)CC)OC(=O)CCCCCCCCCCCCCCCCCCCC)OC(=O)CCCCCCCCCCCCCCCCCCCCC(C)CC. The number of aliphatic hydroxyl groups is 1. The van der Waals surface area contributed by atoms with Gasteiger partial charge in [0.2, 0.25) is 0 Å². The van der Waals surface area contributed by atoms with Gasteiger partial charge < -0.3 is 33.8 Å². The highest BCUT2D eigenvalue weighted by atomic mass is 31.2. The van der Waals surface area contributed by atoms with Crippen LogP contribution < -0.4 is 0 Å². The first kappa shape index (κ1) is 110. The molecule has 0 heterocycles. The summed E-state index contributed by atoms with van der Waals surface area (Å²) in [6.07, 6.45) is 79.2. The van der Waals surface area contributed by atoms with Crippen LogP contribution in [0.3, 0.4) is 0 Å². The fraction of sp³-hybridized carbons (Fsp3) is 0.957. The van der Waals surface area contributed by atoms with Gasteiger partial charge >= 0.3 is 39.5 Å². The zero-order chi connectivity index (χ0) is 82.0. The third-order valence-corrected chi connectivity index (χ3v) is 24.6. The standard InChI is InChI=1S/C93H182O17P2/c1-7-11-13-15-17-19-21-23-25-27-29-30-35-38-42-46-50-57-63-69-75-90(95)103-81-88(109-92(97)77-72-66-60-52-48-44-40-36-32-31-33-37-41-45-49-55-61-67-73-85(5)9-3)83-107-111(99,100)105-79-87(94)80-106-112(101,102)108-84-89(82-104-91(96)76-70-64-58-54-53-56-62-68-74-86(6)10-4)110-93(98)78-71-65-59-51-47-43-39-34-28-26-24-22-20-18-16-14-12-8-2/h85-89,94H,7-84H2,1-6H3,(H,99,100)(H,101,102)/t85?,86?,87-,88-,89-/m1/s1. The molecule has 0 aliphatic rings. The molecule has 19 heteroatoms. The van der Waals surface area contributed by atoms with E-state index in [0.717, 1.165) is 102 Å². The van der Waals surface area contributed by atoms with Crippen molar-refractivity contribution in [2.45, 2.75) is 522 Å². The van der Waals surface area contributed by atoms with Gasteiger partial charge in [0.1, 0.15) is 19.3 Å². The molecule has 0 saturated carbocycles. The lowest BCUT2D eigenvalue weighted by Crippen LogP contribution is -2.30. The normalized spacial score (nSPS) is 14.2. The van der Waals surface area contributed by atoms with Crippen LogP contribution in [0.5, 0.6) is 0 Å². The fourth-order valence-electron chi connectivity index (χ4n) is 14.6. The molecule has 112 heavy (non-hydrogen) atoms. The second-order valence-corrected chi connectivity index (χ2v) is 36.8. The van der Waals surface area contributed by atoms with Gasteiger partial charge in [-0.15, -0.1) is 0 Å². The fourth-order valence-corrected chi connectivity index (χ4v) is 16.2. The quantitative estimate of drug-likeness (QED) is 0.0222. The minimum absolute atomic E-state index is 0.109. The minimum atomic E-state index is -4.97. The number of hydrogen-bond acceptors (Lipinski definition) is 15. The van der Waals surface area contributed by atoms with Crippen LogP contribution in [0.4, 0.5) is 0 Å². The van der Waals surface area contributed by atoms with E-state index in [-0.39, 0.29) is 25.7 Å². The van der Waals surface area contributed by atoms with Crippen molar-refractivity contribution in [3.63, 3.8) is 0 Å². The Balaban J connectivity index is 5.25. The first-order valence-electron chi connectivity index (χ1n) is 48.1. The molecule has 4 unspecified atom stereocenters. The molecule has 3 N–H and O–H groups in total. The monoisotopic (exact) mass is 1630 g/mol. The molecule has 0 aromatic heterocycles. The predicted octanol–water partition coefficient (Wildman–Crippen LogP) is 29.0. The van der Waals surface area contributed by atoms with Gasteiger partial charge in [0.15, 0.2) is 12.2 Å². The van der Waals surface area contributed by atoms with Crippen molar-refractivity contribution < 1.29 is 80.2 Å². The van der Waals surface area contributed by atoms with Crippen molar-refractivity contribution in [2.75, 3.05) is 39.6 Å². The number of esters is 4. The van der Waals surface area contributed by atoms with E-state index in [1.54, 1.807) is 0 Å². The average molecular weight is 1630 g/mol. The van der Waals surface area contributed by atoms with E-state index in [1.807, 2.05) is 0 Å².